The summed E-state index contributed by atoms with van der Waals surface area (Å²) in [7, 11) is 5.88. The molecule has 41 heavy (non-hydrogen) atoms. The first-order chi connectivity index (χ1) is 19.9. The monoisotopic (exact) mass is 524 g/mol. The molecule has 0 spiro atoms. The van der Waals surface area contributed by atoms with E-state index in [0.717, 1.165) is 43.6 Å². The van der Waals surface area contributed by atoms with Crippen LogP contribution < -0.4 is 16.4 Å². The van der Waals surface area contributed by atoms with Gasteiger partial charge in [0, 0.05) is 11.1 Å². The molecular formula is C36H27B3O2. The van der Waals surface area contributed by atoms with Crippen LogP contribution in [0.1, 0.15) is 0 Å². The van der Waals surface area contributed by atoms with Crippen LogP contribution in [0.15, 0.2) is 115 Å². The SMILES string of the molecule is Bc1c(B)c(O)c(O)c(-c2c3ccccc3c(-c3ccc4cc(-c5ccccc5)ccc4c3)c3ccccc23)c1B. The first-order valence-electron chi connectivity index (χ1n) is 14.0. The number of hydrogen-bond donors (Lipinski definition) is 2. The second-order valence-corrected chi connectivity index (χ2v) is 10.9. The van der Waals surface area contributed by atoms with Crippen molar-refractivity contribution >= 4 is 72.2 Å². The van der Waals surface area contributed by atoms with E-state index in [0.29, 0.717) is 11.0 Å². The van der Waals surface area contributed by atoms with Crippen LogP contribution >= 0.6 is 0 Å². The molecule has 0 unspecified atom stereocenters. The molecule has 0 fully saturated rings. The molecule has 7 aromatic carbocycles. The maximum absolute atomic E-state index is 11.3. The minimum absolute atomic E-state index is 0.0512. The highest BCUT2D eigenvalue weighted by atomic mass is 16.3. The number of phenols is 2. The zero-order valence-electron chi connectivity index (χ0n) is 23.4. The standard InChI is InChI=1S/C36H27B3O2/c37-32-31(35(40)36(41)34(39)33(32)38)30-27-12-6-4-10-25(27)29(26-11-5-7-13-28(26)30)24-17-16-22-18-21(14-15-23(22)19-24)20-8-2-1-3-9-20/h1-19,40-41H,37-39H2. The summed E-state index contributed by atoms with van der Waals surface area (Å²) in [6.07, 6.45) is 0. The fourth-order valence-electron chi connectivity index (χ4n) is 6.35. The second-order valence-electron chi connectivity index (χ2n) is 10.9. The zero-order valence-corrected chi connectivity index (χ0v) is 23.4. The van der Waals surface area contributed by atoms with Crippen molar-refractivity contribution in [2.75, 3.05) is 0 Å². The molecule has 5 heteroatoms. The largest absolute Gasteiger partial charge is 0.505 e. The third kappa shape index (κ3) is 3.92. The molecule has 0 aliphatic heterocycles. The molecule has 7 rings (SSSR count). The summed E-state index contributed by atoms with van der Waals surface area (Å²) < 4.78 is 0. The highest BCUT2D eigenvalue weighted by molar-refractivity contribution is 6.60. The van der Waals surface area contributed by atoms with Crippen molar-refractivity contribution in [1.29, 1.82) is 0 Å². The topological polar surface area (TPSA) is 40.5 Å². The number of fused-ring (bicyclic) bond motifs is 3. The van der Waals surface area contributed by atoms with E-state index in [9.17, 15) is 10.2 Å². The lowest BCUT2D eigenvalue weighted by atomic mass is 9.68. The van der Waals surface area contributed by atoms with Gasteiger partial charge < -0.3 is 10.2 Å². The van der Waals surface area contributed by atoms with Crippen molar-refractivity contribution in [2.45, 2.75) is 0 Å². The van der Waals surface area contributed by atoms with Gasteiger partial charge in [-0.3, -0.25) is 0 Å². The summed E-state index contributed by atoms with van der Waals surface area (Å²) in [5, 5.41) is 28.9. The fraction of sp³-hybridized carbons (Fsp3) is 0. The minimum atomic E-state index is -0.0615. The summed E-state index contributed by atoms with van der Waals surface area (Å²) >= 11 is 0. The lowest BCUT2D eigenvalue weighted by Gasteiger charge is -2.22. The molecule has 0 heterocycles. The lowest BCUT2D eigenvalue weighted by Crippen LogP contribution is -2.40. The maximum Gasteiger partial charge on any atom is 0.164 e. The molecule has 0 amide bonds. The minimum Gasteiger partial charge on any atom is -0.505 e. The van der Waals surface area contributed by atoms with Gasteiger partial charge in [-0.1, -0.05) is 120 Å². The van der Waals surface area contributed by atoms with Crippen molar-refractivity contribution in [3.05, 3.63) is 115 Å². The molecule has 0 atom stereocenters. The lowest BCUT2D eigenvalue weighted by molar-refractivity contribution is 0.409. The Morgan fingerprint density at radius 3 is 1.44 bits per heavy atom. The Morgan fingerprint density at radius 1 is 0.366 bits per heavy atom. The smallest absolute Gasteiger partial charge is 0.164 e. The van der Waals surface area contributed by atoms with Gasteiger partial charge in [-0.15, -0.1) is 0 Å². The average Bonchev–Trinajstić information content (AvgIpc) is 3.02. The van der Waals surface area contributed by atoms with Gasteiger partial charge in [0.25, 0.3) is 0 Å². The van der Waals surface area contributed by atoms with Gasteiger partial charge in [0.15, 0.2) is 11.5 Å². The van der Waals surface area contributed by atoms with E-state index in [1.165, 1.54) is 27.5 Å². The molecule has 2 nitrogen and oxygen atoms in total. The summed E-state index contributed by atoms with van der Waals surface area (Å²) in [4.78, 5) is 0. The van der Waals surface area contributed by atoms with Crippen molar-refractivity contribution < 1.29 is 10.2 Å². The Bertz CT molecular complexity index is 2070. The molecule has 0 saturated heterocycles. The molecule has 0 aliphatic rings. The van der Waals surface area contributed by atoms with Crippen molar-refractivity contribution in [3.8, 4) is 44.9 Å². The Hall–Kier alpha value is -4.89. The van der Waals surface area contributed by atoms with Crippen LogP contribution in [0.5, 0.6) is 11.5 Å². The zero-order chi connectivity index (χ0) is 28.2. The predicted molar refractivity (Wildman–Crippen MR) is 183 cm³/mol. The van der Waals surface area contributed by atoms with Gasteiger partial charge in [0.1, 0.15) is 23.5 Å². The molecule has 0 saturated carbocycles. The maximum atomic E-state index is 11.3. The number of phenolic OH excluding ortho intramolecular Hbond substituents is 2. The summed E-state index contributed by atoms with van der Waals surface area (Å²) in [6, 6.07) is 40.7. The van der Waals surface area contributed by atoms with Crippen LogP contribution in [0, 0.1) is 0 Å². The van der Waals surface area contributed by atoms with Crippen LogP contribution in [0.3, 0.4) is 0 Å². The van der Waals surface area contributed by atoms with Crippen molar-refractivity contribution in [2.24, 2.45) is 0 Å². The fourth-order valence-corrected chi connectivity index (χ4v) is 6.35. The van der Waals surface area contributed by atoms with Gasteiger partial charge >= 0.3 is 0 Å². The highest BCUT2D eigenvalue weighted by Gasteiger charge is 2.23. The van der Waals surface area contributed by atoms with Crippen molar-refractivity contribution in [3.63, 3.8) is 0 Å². The van der Waals surface area contributed by atoms with Gasteiger partial charge in [0.2, 0.25) is 0 Å². The molecule has 0 aromatic heterocycles. The molecule has 0 aliphatic carbocycles. The number of benzene rings is 7. The first-order valence-corrected chi connectivity index (χ1v) is 14.0. The van der Waals surface area contributed by atoms with Crippen LogP contribution in [-0.4, -0.2) is 33.8 Å². The number of rotatable bonds is 3. The third-order valence-corrected chi connectivity index (χ3v) is 8.73. The molecule has 7 aromatic rings. The summed E-state index contributed by atoms with van der Waals surface area (Å²) in [5.74, 6) is -0.113. The third-order valence-electron chi connectivity index (χ3n) is 8.73. The van der Waals surface area contributed by atoms with E-state index >= 15 is 0 Å². The average molecular weight is 524 g/mol. The van der Waals surface area contributed by atoms with Gasteiger partial charge in [-0.2, -0.15) is 0 Å². The van der Waals surface area contributed by atoms with E-state index in [4.69, 9.17) is 0 Å². The number of aromatic hydroxyl groups is 2. The normalized spacial score (nSPS) is 11.4. The Balaban J connectivity index is 1.52. The van der Waals surface area contributed by atoms with E-state index in [1.54, 1.807) is 0 Å². The van der Waals surface area contributed by atoms with Crippen LogP contribution in [0.4, 0.5) is 0 Å². The van der Waals surface area contributed by atoms with Gasteiger partial charge in [-0.25, -0.2) is 0 Å². The quantitative estimate of drug-likeness (QED) is 0.206. The van der Waals surface area contributed by atoms with E-state index in [-0.39, 0.29) is 11.5 Å². The van der Waals surface area contributed by atoms with Gasteiger partial charge in [0.05, 0.1) is 0 Å². The molecule has 192 valence electrons. The Labute approximate surface area is 242 Å². The molecule has 0 bridgehead atoms. The van der Waals surface area contributed by atoms with Crippen LogP contribution in [0.2, 0.25) is 0 Å². The second kappa shape index (κ2) is 9.64. The summed E-state index contributed by atoms with van der Waals surface area (Å²) in [6.45, 7) is 0. The number of hydrogen-bond acceptors (Lipinski definition) is 2. The van der Waals surface area contributed by atoms with Crippen LogP contribution in [0.25, 0.3) is 65.7 Å². The summed E-state index contributed by atoms with van der Waals surface area (Å²) in [5.41, 5.74) is 9.03. The van der Waals surface area contributed by atoms with Crippen LogP contribution in [-0.2, 0) is 0 Å². The predicted octanol–water partition coefficient (Wildman–Crippen LogP) is 4.33. The van der Waals surface area contributed by atoms with Gasteiger partial charge in [-0.05, 0) is 66.7 Å². The molecule has 0 radical (unpaired) electrons. The van der Waals surface area contributed by atoms with E-state index in [2.05, 4.69) is 97.1 Å². The molecule has 2 N–H and O–H groups in total. The Morgan fingerprint density at radius 2 is 0.854 bits per heavy atom. The van der Waals surface area contributed by atoms with E-state index in [1.807, 2.05) is 41.7 Å². The molecular weight excluding hydrogens is 497 g/mol. The highest BCUT2D eigenvalue weighted by Crippen LogP contribution is 2.46. The van der Waals surface area contributed by atoms with Crippen molar-refractivity contribution in [1.82, 2.24) is 0 Å². The van der Waals surface area contributed by atoms with E-state index < -0.39 is 0 Å². The first kappa shape index (κ1) is 25.1. The Kier molecular flexibility index (Phi) is 5.90.